The number of halogens is 3. The van der Waals surface area contributed by atoms with Gasteiger partial charge in [-0.2, -0.15) is 13.2 Å². The summed E-state index contributed by atoms with van der Waals surface area (Å²) in [6.07, 6.45) is -1.74. The largest absolute Gasteiger partial charge is 0.401 e. The molecular weight excluding hydrogens is 399 g/mol. The van der Waals surface area contributed by atoms with Gasteiger partial charge >= 0.3 is 6.18 Å². The quantitative estimate of drug-likeness (QED) is 0.738. The molecule has 9 heteroatoms. The SMILES string of the molecule is Cc1sc2nc(CN3CCCC3)nc(N3CCN(CC(F)(F)F)C(C)C3)c2c1C. The molecule has 0 bridgehead atoms. The summed E-state index contributed by atoms with van der Waals surface area (Å²) in [5, 5.41) is 1.06. The number of aromatic nitrogens is 2. The molecule has 29 heavy (non-hydrogen) atoms. The van der Waals surface area contributed by atoms with Crippen molar-refractivity contribution in [2.45, 2.75) is 52.4 Å². The predicted octanol–water partition coefficient (Wildman–Crippen LogP) is 3.98. The number of fused-ring (bicyclic) bond motifs is 1. The highest BCUT2D eigenvalue weighted by atomic mass is 32.1. The number of thiophene rings is 1. The van der Waals surface area contributed by atoms with Crippen molar-refractivity contribution in [1.82, 2.24) is 19.8 Å². The molecule has 0 aromatic carbocycles. The molecule has 0 spiro atoms. The Kier molecular flexibility index (Phi) is 5.74. The summed E-state index contributed by atoms with van der Waals surface area (Å²) in [5.41, 5.74) is 1.18. The first-order valence-corrected chi connectivity index (χ1v) is 11.1. The third kappa shape index (κ3) is 4.51. The minimum absolute atomic E-state index is 0.183. The summed E-state index contributed by atoms with van der Waals surface area (Å²) in [6.45, 7) is 9.56. The predicted molar refractivity (Wildman–Crippen MR) is 111 cm³/mol. The molecule has 2 aromatic heterocycles. The van der Waals surface area contributed by atoms with Crippen LogP contribution in [-0.4, -0.2) is 71.3 Å². The minimum Gasteiger partial charge on any atom is -0.353 e. The van der Waals surface area contributed by atoms with Gasteiger partial charge in [-0.25, -0.2) is 9.97 Å². The van der Waals surface area contributed by atoms with E-state index in [1.54, 1.807) is 11.3 Å². The fourth-order valence-electron chi connectivity index (χ4n) is 4.36. The smallest absolute Gasteiger partial charge is 0.353 e. The van der Waals surface area contributed by atoms with E-state index in [9.17, 15) is 13.2 Å². The van der Waals surface area contributed by atoms with Crippen molar-refractivity contribution in [3.63, 3.8) is 0 Å². The summed E-state index contributed by atoms with van der Waals surface area (Å²) in [4.78, 5) is 18.0. The van der Waals surface area contributed by atoms with Gasteiger partial charge in [0, 0.05) is 30.6 Å². The van der Waals surface area contributed by atoms with Crippen LogP contribution in [0.25, 0.3) is 10.2 Å². The van der Waals surface area contributed by atoms with Gasteiger partial charge in [0.1, 0.15) is 16.5 Å². The first-order chi connectivity index (χ1) is 13.7. The summed E-state index contributed by atoms with van der Waals surface area (Å²) in [6, 6.07) is -0.183. The van der Waals surface area contributed by atoms with Crippen LogP contribution < -0.4 is 4.90 Å². The Bertz CT molecular complexity index is 875. The van der Waals surface area contributed by atoms with Crippen molar-refractivity contribution in [2.75, 3.05) is 44.2 Å². The zero-order chi connectivity index (χ0) is 20.8. The first-order valence-electron chi connectivity index (χ1n) is 10.3. The maximum Gasteiger partial charge on any atom is 0.401 e. The third-order valence-corrected chi connectivity index (χ3v) is 7.17. The van der Waals surface area contributed by atoms with Crippen molar-refractivity contribution < 1.29 is 13.2 Å². The van der Waals surface area contributed by atoms with E-state index in [2.05, 4.69) is 23.6 Å². The van der Waals surface area contributed by atoms with Crippen LogP contribution in [-0.2, 0) is 6.54 Å². The molecule has 0 amide bonds. The molecule has 4 rings (SSSR count). The van der Waals surface area contributed by atoms with Crippen LogP contribution in [0.15, 0.2) is 0 Å². The molecule has 2 aliphatic heterocycles. The molecule has 0 radical (unpaired) electrons. The number of likely N-dealkylation sites (tertiary alicyclic amines) is 1. The van der Waals surface area contributed by atoms with Crippen LogP contribution in [0, 0.1) is 13.8 Å². The number of nitrogens with zero attached hydrogens (tertiary/aromatic N) is 5. The Balaban J connectivity index is 1.63. The van der Waals surface area contributed by atoms with Crippen molar-refractivity contribution in [3.05, 3.63) is 16.3 Å². The van der Waals surface area contributed by atoms with Crippen LogP contribution in [0.2, 0.25) is 0 Å². The fourth-order valence-corrected chi connectivity index (χ4v) is 5.41. The number of aryl methyl sites for hydroxylation is 2. The number of anilines is 1. The normalized spacial score (nSPS) is 22.1. The van der Waals surface area contributed by atoms with Gasteiger partial charge in [-0.1, -0.05) is 0 Å². The average molecular weight is 428 g/mol. The molecule has 0 aliphatic carbocycles. The number of rotatable bonds is 4. The van der Waals surface area contributed by atoms with E-state index in [4.69, 9.17) is 9.97 Å². The Morgan fingerprint density at radius 3 is 2.45 bits per heavy atom. The lowest BCUT2D eigenvalue weighted by atomic mass is 10.1. The maximum atomic E-state index is 12.9. The lowest BCUT2D eigenvalue weighted by Gasteiger charge is -2.40. The number of piperazine rings is 1. The Morgan fingerprint density at radius 1 is 1.07 bits per heavy atom. The molecule has 0 N–H and O–H groups in total. The molecule has 1 unspecified atom stereocenters. The lowest BCUT2D eigenvalue weighted by molar-refractivity contribution is -0.150. The van der Waals surface area contributed by atoms with Gasteiger partial charge in [0.2, 0.25) is 0 Å². The molecule has 2 fully saturated rings. The molecule has 2 aromatic rings. The van der Waals surface area contributed by atoms with Crippen LogP contribution in [0.3, 0.4) is 0 Å². The first kappa shape index (κ1) is 20.8. The molecule has 2 aliphatic rings. The van der Waals surface area contributed by atoms with Gasteiger partial charge in [-0.15, -0.1) is 11.3 Å². The molecule has 5 nitrogen and oxygen atoms in total. The van der Waals surface area contributed by atoms with E-state index in [1.165, 1.54) is 28.2 Å². The second-order valence-electron chi connectivity index (χ2n) is 8.29. The second kappa shape index (κ2) is 8.00. The van der Waals surface area contributed by atoms with Crippen LogP contribution in [0.5, 0.6) is 0 Å². The zero-order valence-electron chi connectivity index (χ0n) is 17.2. The van der Waals surface area contributed by atoms with E-state index < -0.39 is 12.7 Å². The molecule has 2 saturated heterocycles. The molecule has 160 valence electrons. The summed E-state index contributed by atoms with van der Waals surface area (Å²) in [5.74, 6) is 1.71. The number of alkyl halides is 3. The van der Waals surface area contributed by atoms with Gasteiger partial charge in [0.25, 0.3) is 0 Å². The van der Waals surface area contributed by atoms with Crippen molar-refractivity contribution >= 4 is 27.4 Å². The minimum atomic E-state index is -4.16. The van der Waals surface area contributed by atoms with Gasteiger partial charge in [-0.05, 0) is 52.3 Å². The summed E-state index contributed by atoms with van der Waals surface area (Å²) < 4.78 is 38.6. The third-order valence-electron chi connectivity index (χ3n) is 6.07. The summed E-state index contributed by atoms with van der Waals surface area (Å²) in [7, 11) is 0. The monoisotopic (exact) mass is 427 g/mol. The highest BCUT2D eigenvalue weighted by molar-refractivity contribution is 7.18. The van der Waals surface area contributed by atoms with E-state index >= 15 is 0 Å². The van der Waals surface area contributed by atoms with Crippen molar-refractivity contribution in [1.29, 1.82) is 0 Å². The molecular formula is C20H28F3N5S. The number of hydrogen-bond donors (Lipinski definition) is 0. The standard InChI is InChI=1S/C20H28F3N5S/c1-13-10-27(8-9-28(13)12-20(21,22)23)18-17-14(2)15(3)29-19(17)25-16(24-18)11-26-6-4-5-7-26/h13H,4-12H2,1-3H3. The van der Waals surface area contributed by atoms with Crippen LogP contribution in [0.4, 0.5) is 19.0 Å². The maximum absolute atomic E-state index is 12.9. The van der Waals surface area contributed by atoms with E-state index in [-0.39, 0.29) is 6.04 Å². The highest BCUT2D eigenvalue weighted by Gasteiger charge is 2.36. The lowest BCUT2D eigenvalue weighted by Crippen LogP contribution is -2.54. The highest BCUT2D eigenvalue weighted by Crippen LogP contribution is 2.36. The van der Waals surface area contributed by atoms with Crippen molar-refractivity contribution in [2.24, 2.45) is 0 Å². The number of hydrogen-bond acceptors (Lipinski definition) is 6. The topological polar surface area (TPSA) is 35.5 Å². The molecule has 4 heterocycles. The van der Waals surface area contributed by atoms with Gasteiger partial charge < -0.3 is 4.90 Å². The summed E-state index contributed by atoms with van der Waals surface area (Å²) >= 11 is 1.68. The Morgan fingerprint density at radius 2 is 1.79 bits per heavy atom. The Hall–Kier alpha value is -1.45. The van der Waals surface area contributed by atoms with E-state index in [1.807, 2.05) is 6.92 Å². The molecule has 0 saturated carbocycles. The van der Waals surface area contributed by atoms with E-state index in [0.717, 1.165) is 41.5 Å². The van der Waals surface area contributed by atoms with Crippen molar-refractivity contribution in [3.8, 4) is 0 Å². The van der Waals surface area contributed by atoms with Crippen LogP contribution in [0.1, 0.15) is 36.0 Å². The fraction of sp³-hybridized carbons (Fsp3) is 0.700. The van der Waals surface area contributed by atoms with Gasteiger partial charge in [0.05, 0.1) is 18.5 Å². The van der Waals surface area contributed by atoms with Gasteiger partial charge in [0.15, 0.2) is 0 Å². The van der Waals surface area contributed by atoms with E-state index in [0.29, 0.717) is 19.6 Å². The average Bonchev–Trinajstić information content (AvgIpc) is 3.23. The zero-order valence-corrected chi connectivity index (χ0v) is 18.0. The van der Waals surface area contributed by atoms with Gasteiger partial charge in [-0.3, -0.25) is 9.80 Å². The molecule has 1 atom stereocenters. The van der Waals surface area contributed by atoms with Crippen LogP contribution >= 0.6 is 11.3 Å². The second-order valence-corrected chi connectivity index (χ2v) is 9.49. The Labute approximate surface area is 173 Å².